The van der Waals surface area contributed by atoms with Gasteiger partial charge in [-0.15, -0.1) is 0 Å². The zero-order valence-corrected chi connectivity index (χ0v) is 31.6. The third-order valence-corrected chi connectivity index (χ3v) is 13.5. The highest BCUT2D eigenvalue weighted by Gasteiger charge is 2.63. The van der Waals surface area contributed by atoms with Crippen molar-refractivity contribution < 1.29 is 51.6 Å². The molecule has 7 atom stereocenters. The zero-order valence-electron chi connectivity index (χ0n) is 30.8. The van der Waals surface area contributed by atoms with E-state index in [-0.39, 0.29) is 31.4 Å². The number of rotatable bonds is 7. The van der Waals surface area contributed by atoms with Gasteiger partial charge in [-0.2, -0.15) is 4.98 Å². The van der Waals surface area contributed by atoms with Crippen molar-refractivity contribution in [2.24, 2.45) is 5.92 Å². The van der Waals surface area contributed by atoms with E-state index in [1.165, 1.54) is 4.90 Å². The maximum Gasteiger partial charge on any atom is 0.405 e. The molecule has 3 aliphatic heterocycles. The number of sulfonamides is 1. The van der Waals surface area contributed by atoms with Gasteiger partial charge in [0.2, 0.25) is 33.6 Å². The molecule has 2 aliphatic carbocycles. The molecule has 16 nitrogen and oxygen atoms in total. The predicted molar refractivity (Wildman–Crippen MR) is 194 cm³/mol. The average Bonchev–Trinajstić information content (AvgIpc) is 4.01. The molecule has 4 heterocycles. The van der Waals surface area contributed by atoms with Crippen LogP contribution in [0.2, 0.25) is 0 Å². The number of allylic oxidation sites excluding steroid dienone is 1. The Hall–Kier alpha value is -4.64. The molecule has 3 fully saturated rings. The number of carbonyl (C=O) groups excluding carboxylic acids is 3. The van der Waals surface area contributed by atoms with E-state index in [1.807, 2.05) is 25.1 Å². The molecular weight excluding hydrogens is 722 g/mol. The summed E-state index contributed by atoms with van der Waals surface area (Å²) in [6.45, 7) is 5.31. The largest absolute Gasteiger partial charge is 0.497 e. The second-order valence-electron chi connectivity index (χ2n) is 15.3. The van der Waals surface area contributed by atoms with Crippen molar-refractivity contribution in [1.82, 2.24) is 25.2 Å². The number of aromatic nitrogens is 1. The number of nitrogens with zero attached hydrogens (tertiary/aromatic N) is 2. The highest BCUT2D eigenvalue weighted by Crippen LogP contribution is 2.48. The minimum Gasteiger partial charge on any atom is -0.497 e. The Morgan fingerprint density at radius 3 is 2.67 bits per heavy atom. The molecule has 2 aromatic rings. The summed E-state index contributed by atoms with van der Waals surface area (Å²) in [6.07, 6.45) is 3.60. The molecule has 0 unspecified atom stereocenters. The number of fused-ring (bicyclic) bond motifs is 5. The van der Waals surface area contributed by atoms with E-state index in [0.717, 1.165) is 23.8 Å². The van der Waals surface area contributed by atoms with Crippen molar-refractivity contribution in [3.63, 3.8) is 0 Å². The van der Waals surface area contributed by atoms with Crippen LogP contribution in [0.5, 0.6) is 17.5 Å². The topological polar surface area (TPSA) is 212 Å². The van der Waals surface area contributed by atoms with Crippen molar-refractivity contribution in [3.05, 3.63) is 35.9 Å². The third-order valence-electron chi connectivity index (χ3n) is 11.3. The molecule has 0 radical (unpaired) electrons. The van der Waals surface area contributed by atoms with Crippen LogP contribution in [-0.2, 0) is 35.6 Å². The van der Waals surface area contributed by atoms with Gasteiger partial charge in [0.05, 0.1) is 37.2 Å². The standard InChI is InChI=1S/C37H47N5O11S/c1-20-8-5-6-9-22-18-37(22,34(45)41-54(48,49)36(3)13-14-36)40-30(43)28-17-24(19-42(28)33(44)29(21(2)52-20)38-35(46)47)53-32-26-12-11-23(50-4)16-27(26)25-10-7-15-51-31(25)39-32/h6,9,11-12,16,20-22,24,28-29,38H,5,7-8,10,13-15,17-19H2,1-4H3,(H,40,43)(H,41,45)(H,46,47)/b9-6-/t20-,21+,22-,24-,28+,29+,37-/m1/s1. The molecule has 0 bridgehead atoms. The highest BCUT2D eigenvalue weighted by molar-refractivity contribution is 7.91. The monoisotopic (exact) mass is 769 g/mol. The van der Waals surface area contributed by atoms with Crippen LogP contribution >= 0.6 is 0 Å². The lowest BCUT2D eigenvalue weighted by Gasteiger charge is -2.32. The van der Waals surface area contributed by atoms with E-state index in [2.05, 4.69) is 15.4 Å². The highest BCUT2D eigenvalue weighted by atomic mass is 32.2. The first-order valence-corrected chi connectivity index (χ1v) is 19.9. The van der Waals surface area contributed by atoms with Gasteiger partial charge in [0.15, 0.2) is 0 Å². The van der Waals surface area contributed by atoms with Gasteiger partial charge >= 0.3 is 6.09 Å². The van der Waals surface area contributed by atoms with Gasteiger partial charge in [-0.25, -0.2) is 13.2 Å². The van der Waals surface area contributed by atoms with Crippen LogP contribution in [0.1, 0.15) is 71.3 Å². The lowest BCUT2D eigenvalue weighted by atomic mass is 10.0. The Kier molecular flexibility index (Phi) is 9.91. The molecule has 2 saturated carbocycles. The summed E-state index contributed by atoms with van der Waals surface area (Å²) in [6, 6.07) is 2.86. The van der Waals surface area contributed by atoms with Crippen LogP contribution in [0, 0.1) is 5.92 Å². The Morgan fingerprint density at radius 2 is 1.94 bits per heavy atom. The lowest BCUT2D eigenvalue weighted by Crippen LogP contribution is -2.60. The SMILES string of the molecule is COc1ccc2c(O[C@@H]3C[C@H]4C(=O)N[C@]5(C(=O)NS(=O)(=O)C6(C)CC6)C[C@H]5/C=C\CC[C@@H](C)O[C@@H](C)[C@H](NC(=O)O)C(=O)N4C3)nc3c(c2c1)CCCO3. The van der Waals surface area contributed by atoms with E-state index >= 15 is 0 Å². The number of hydrogen-bond donors (Lipinski definition) is 4. The van der Waals surface area contributed by atoms with Gasteiger partial charge in [-0.3, -0.25) is 19.1 Å². The summed E-state index contributed by atoms with van der Waals surface area (Å²) in [5.74, 6) is -1.51. The number of nitrogens with one attached hydrogen (secondary N) is 3. The fourth-order valence-corrected chi connectivity index (χ4v) is 9.00. The van der Waals surface area contributed by atoms with E-state index in [4.69, 9.17) is 23.9 Å². The van der Waals surface area contributed by atoms with Crippen LogP contribution in [0.4, 0.5) is 4.79 Å². The number of pyridine rings is 1. The zero-order chi connectivity index (χ0) is 38.6. The fourth-order valence-electron chi connectivity index (χ4n) is 7.69. The lowest BCUT2D eigenvalue weighted by molar-refractivity contribution is -0.144. The number of hydrogen-bond acceptors (Lipinski definition) is 11. The number of benzene rings is 1. The number of ether oxygens (including phenoxy) is 4. The molecule has 1 aromatic heterocycles. The van der Waals surface area contributed by atoms with Gasteiger partial charge in [0.25, 0.3) is 5.91 Å². The molecule has 4 N–H and O–H groups in total. The third kappa shape index (κ3) is 7.14. The molecule has 7 rings (SSSR count). The van der Waals surface area contributed by atoms with Crippen LogP contribution in [0.15, 0.2) is 30.4 Å². The van der Waals surface area contributed by atoms with Gasteiger partial charge < -0.3 is 39.6 Å². The van der Waals surface area contributed by atoms with Crippen LogP contribution < -0.4 is 29.6 Å². The van der Waals surface area contributed by atoms with Crippen molar-refractivity contribution in [2.45, 2.75) is 113 Å². The number of aryl methyl sites for hydroxylation is 1. The van der Waals surface area contributed by atoms with Gasteiger partial charge in [-0.05, 0) is 89.3 Å². The van der Waals surface area contributed by atoms with Gasteiger partial charge in [0, 0.05) is 23.3 Å². The number of carboxylic acid groups (broad SMARTS) is 1. The molecule has 292 valence electrons. The van der Waals surface area contributed by atoms with Gasteiger partial charge in [-0.1, -0.05) is 12.2 Å². The molecule has 1 aromatic carbocycles. The van der Waals surface area contributed by atoms with Crippen molar-refractivity contribution >= 4 is 44.6 Å². The van der Waals surface area contributed by atoms with Crippen molar-refractivity contribution in [1.29, 1.82) is 0 Å². The molecule has 54 heavy (non-hydrogen) atoms. The summed E-state index contributed by atoms with van der Waals surface area (Å²) in [5.41, 5.74) is -0.670. The van der Waals surface area contributed by atoms with Crippen molar-refractivity contribution in [3.8, 4) is 17.5 Å². The van der Waals surface area contributed by atoms with E-state index in [1.54, 1.807) is 33.1 Å². The Labute approximate surface area is 313 Å². The second-order valence-corrected chi connectivity index (χ2v) is 17.5. The number of amides is 4. The first-order valence-electron chi connectivity index (χ1n) is 18.5. The van der Waals surface area contributed by atoms with Crippen molar-refractivity contribution in [2.75, 3.05) is 20.3 Å². The molecule has 0 spiro atoms. The molecule has 5 aliphatic rings. The minimum atomic E-state index is -4.03. The van der Waals surface area contributed by atoms with Gasteiger partial charge in [0.1, 0.15) is 29.5 Å². The predicted octanol–water partition coefficient (Wildman–Crippen LogP) is 2.57. The Morgan fingerprint density at radius 1 is 1.17 bits per heavy atom. The van der Waals surface area contributed by atoms with Crippen LogP contribution in [-0.4, -0.2) is 108 Å². The number of methoxy groups -OCH3 is 1. The summed E-state index contributed by atoms with van der Waals surface area (Å²) in [4.78, 5) is 60.6. The van der Waals surface area contributed by atoms with E-state index < -0.39 is 74.3 Å². The quantitative estimate of drug-likeness (QED) is 0.300. The first-order chi connectivity index (χ1) is 25.6. The Balaban J connectivity index is 1.24. The Bertz CT molecular complexity index is 2000. The smallest absolute Gasteiger partial charge is 0.405 e. The molecule has 4 amide bonds. The normalized spacial score (nSPS) is 31.2. The molecule has 1 saturated heterocycles. The molecular formula is C37H47N5O11S. The minimum absolute atomic E-state index is 0.0468. The molecule has 17 heteroatoms. The van der Waals surface area contributed by atoms with Crippen LogP contribution in [0.3, 0.4) is 0 Å². The average molecular weight is 770 g/mol. The summed E-state index contributed by atoms with van der Waals surface area (Å²) in [5, 5.41) is 16.4. The first kappa shape index (κ1) is 37.7. The maximum absolute atomic E-state index is 14.4. The summed E-state index contributed by atoms with van der Waals surface area (Å²) < 4.78 is 51.5. The fraction of sp³-hybridized carbons (Fsp3) is 0.595. The summed E-state index contributed by atoms with van der Waals surface area (Å²) in [7, 11) is -2.45. The number of carbonyl (C=O) groups is 4. The van der Waals surface area contributed by atoms with E-state index in [9.17, 15) is 32.7 Å². The maximum atomic E-state index is 14.4. The summed E-state index contributed by atoms with van der Waals surface area (Å²) >= 11 is 0. The second kappa shape index (κ2) is 14.2. The van der Waals surface area contributed by atoms with Crippen LogP contribution in [0.25, 0.3) is 10.8 Å². The van der Waals surface area contributed by atoms with E-state index in [0.29, 0.717) is 49.3 Å².